The molecule has 2 aromatic rings. The summed E-state index contributed by atoms with van der Waals surface area (Å²) in [5.74, 6) is -1.60. The van der Waals surface area contributed by atoms with Crippen molar-refractivity contribution in [2.75, 3.05) is 40.0 Å². The predicted octanol–water partition coefficient (Wildman–Crippen LogP) is 3.45. The highest BCUT2D eigenvalue weighted by molar-refractivity contribution is 7.52. The molecule has 33 heavy (non-hydrogen) atoms. The summed E-state index contributed by atoms with van der Waals surface area (Å²) < 4.78 is 18.1. The molecule has 184 valence electrons. The van der Waals surface area contributed by atoms with Crippen molar-refractivity contribution in [1.29, 1.82) is 0 Å². The van der Waals surface area contributed by atoms with Crippen molar-refractivity contribution < 1.29 is 44.0 Å². The molecule has 0 aliphatic carbocycles. The Bertz CT molecular complexity index is 956. The SMILES string of the molecule is C[N+](C)(CCCc1cc(O)c(O)c(O)c1)CCCP(=O)(O)OCCCc1ccc(O)c(O)c1. The predicted molar refractivity (Wildman–Crippen MR) is 125 cm³/mol. The van der Waals surface area contributed by atoms with Gasteiger partial charge in [0, 0.05) is 12.8 Å². The first kappa shape index (κ1) is 26.8. The molecule has 2 aromatic carbocycles. The molecule has 9 nitrogen and oxygen atoms in total. The molecule has 0 fully saturated rings. The van der Waals surface area contributed by atoms with Gasteiger partial charge in [-0.05, 0) is 54.7 Å². The van der Waals surface area contributed by atoms with E-state index in [1.165, 1.54) is 24.3 Å². The van der Waals surface area contributed by atoms with Crippen LogP contribution >= 0.6 is 7.60 Å². The fourth-order valence-corrected chi connectivity index (χ4v) is 4.68. The van der Waals surface area contributed by atoms with E-state index in [9.17, 15) is 35.0 Å². The lowest BCUT2D eigenvalue weighted by molar-refractivity contribution is -0.890. The number of hydrogen-bond donors (Lipinski definition) is 6. The van der Waals surface area contributed by atoms with Crippen molar-refractivity contribution >= 4 is 7.60 Å². The van der Waals surface area contributed by atoms with Crippen LogP contribution in [0.3, 0.4) is 0 Å². The van der Waals surface area contributed by atoms with E-state index in [2.05, 4.69) is 0 Å². The molecule has 0 radical (unpaired) electrons. The molecule has 0 aliphatic heterocycles. The molecule has 0 saturated heterocycles. The fourth-order valence-electron chi connectivity index (χ4n) is 3.60. The number of quaternary nitrogens is 1. The van der Waals surface area contributed by atoms with Gasteiger partial charge in [-0.15, -0.1) is 0 Å². The Morgan fingerprint density at radius 3 is 2.00 bits per heavy atom. The normalized spacial score (nSPS) is 13.7. The Hall–Kier alpha value is -2.45. The van der Waals surface area contributed by atoms with Gasteiger partial charge < -0.3 is 39.4 Å². The van der Waals surface area contributed by atoms with Gasteiger partial charge in [-0.2, -0.15) is 0 Å². The summed E-state index contributed by atoms with van der Waals surface area (Å²) in [6.07, 6.45) is 3.04. The molecular formula is C23H35NO8P+. The van der Waals surface area contributed by atoms with E-state index >= 15 is 0 Å². The minimum atomic E-state index is -3.69. The maximum atomic E-state index is 12.3. The van der Waals surface area contributed by atoms with Crippen LogP contribution in [-0.4, -0.2) is 74.9 Å². The molecule has 1 atom stereocenters. The number of benzene rings is 2. The summed E-state index contributed by atoms with van der Waals surface area (Å²) in [5.41, 5.74) is 1.53. The van der Waals surface area contributed by atoms with Crippen LogP contribution in [0.15, 0.2) is 30.3 Å². The van der Waals surface area contributed by atoms with Crippen LogP contribution in [0.2, 0.25) is 0 Å². The average molecular weight is 485 g/mol. The zero-order valence-electron chi connectivity index (χ0n) is 19.1. The Labute approximate surface area is 194 Å². The van der Waals surface area contributed by atoms with E-state index in [-0.39, 0.29) is 35.8 Å². The largest absolute Gasteiger partial charge is 0.504 e. The second-order valence-electron chi connectivity index (χ2n) is 8.94. The Balaban J connectivity index is 1.67. The number of phenols is 5. The molecule has 1 unspecified atom stereocenters. The van der Waals surface area contributed by atoms with Crippen LogP contribution in [-0.2, 0) is 21.9 Å². The molecule has 0 bridgehead atoms. The molecular weight excluding hydrogens is 449 g/mol. The lowest BCUT2D eigenvalue weighted by Gasteiger charge is -2.30. The van der Waals surface area contributed by atoms with Gasteiger partial charge in [0.15, 0.2) is 28.7 Å². The van der Waals surface area contributed by atoms with E-state index in [1.54, 1.807) is 6.07 Å². The molecule has 10 heteroatoms. The Kier molecular flexibility index (Phi) is 9.43. The van der Waals surface area contributed by atoms with E-state index in [0.29, 0.717) is 36.7 Å². The third-order valence-electron chi connectivity index (χ3n) is 5.51. The van der Waals surface area contributed by atoms with Crippen molar-refractivity contribution in [2.45, 2.75) is 32.1 Å². The highest BCUT2D eigenvalue weighted by Gasteiger charge is 2.22. The van der Waals surface area contributed by atoms with Crippen LogP contribution in [0.5, 0.6) is 28.7 Å². The smallest absolute Gasteiger partial charge is 0.328 e. The van der Waals surface area contributed by atoms with Crippen LogP contribution in [0.4, 0.5) is 0 Å². The van der Waals surface area contributed by atoms with Gasteiger partial charge >= 0.3 is 7.60 Å². The summed E-state index contributed by atoms with van der Waals surface area (Å²) >= 11 is 0. The number of nitrogens with zero attached hydrogens (tertiary/aromatic N) is 1. The summed E-state index contributed by atoms with van der Waals surface area (Å²) in [6, 6.07) is 7.40. The molecule has 2 rings (SSSR count). The van der Waals surface area contributed by atoms with Crippen molar-refractivity contribution in [3.63, 3.8) is 0 Å². The average Bonchev–Trinajstić information content (AvgIpc) is 2.71. The van der Waals surface area contributed by atoms with Gasteiger partial charge in [0.1, 0.15) is 0 Å². The number of phenolic OH excluding ortho intramolecular Hbond substituents is 5. The molecule has 6 N–H and O–H groups in total. The zero-order valence-corrected chi connectivity index (χ0v) is 20.0. The summed E-state index contributed by atoms with van der Waals surface area (Å²) in [6.45, 7) is 1.60. The number of hydrogen-bond acceptors (Lipinski definition) is 7. The minimum Gasteiger partial charge on any atom is -0.504 e. The molecule has 0 aliphatic rings. The monoisotopic (exact) mass is 484 g/mol. The van der Waals surface area contributed by atoms with E-state index < -0.39 is 13.3 Å². The number of aryl methyl sites for hydroxylation is 2. The van der Waals surface area contributed by atoms with Crippen molar-refractivity contribution in [2.24, 2.45) is 0 Å². The molecule has 0 saturated carbocycles. The number of rotatable bonds is 13. The van der Waals surface area contributed by atoms with E-state index in [4.69, 9.17) is 4.52 Å². The van der Waals surface area contributed by atoms with Gasteiger partial charge in [0.05, 0.1) is 40.0 Å². The van der Waals surface area contributed by atoms with Crippen molar-refractivity contribution in [3.05, 3.63) is 41.5 Å². The van der Waals surface area contributed by atoms with Crippen LogP contribution in [0.25, 0.3) is 0 Å². The lowest BCUT2D eigenvalue weighted by atomic mass is 10.1. The minimum absolute atomic E-state index is 0.0639. The Morgan fingerprint density at radius 2 is 1.36 bits per heavy atom. The van der Waals surface area contributed by atoms with Gasteiger partial charge in [0.25, 0.3) is 0 Å². The van der Waals surface area contributed by atoms with Gasteiger partial charge in [-0.3, -0.25) is 4.57 Å². The van der Waals surface area contributed by atoms with Gasteiger partial charge in [-0.1, -0.05) is 6.07 Å². The van der Waals surface area contributed by atoms with Crippen molar-refractivity contribution in [3.8, 4) is 28.7 Å². The third-order valence-corrected chi connectivity index (χ3v) is 6.97. The summed E-state index contributed by atoms with van der Waals surface area (Å²) in [5, 5.41) is 47.4. The molecule has 0 heterocycles. The highest BCUT2D eigenvalue weighted by Crippen LogP contribution is 2.42. The molecule has 0 spiro atoms. The lowest BCUT2D eigenvalue weighted by Crippen LogP contribution is -2.41. The van der Waals surface area contributed by atoms with E-state index in [1.807, 2.05) is 14.1 Å². The standard InChI is InChI=1S/C23H34NO8P/c1-24(2,10-3-6-18-15-21(27)23(29)22(28)16-18)11-5-13-33(30,31)32-12-4-7-17-8-9-19(25)20(26)14-17/h8-9,14-16H,3-7,10-13H2,1-2H3,(H5-,25,26,27,28,29,30,31)/p+1. The first-order valence-corrected chi connectivity index (χ1v) is 12.7. The first-order chi connectivity index (χ1) is 15.4. The van der Waals surface area contributed by atoms with Gasteiger partial charge in [0.2, 0.25) is 0 Å². The first-order valence-electron chi connectivity index (χ1n) is 10.9. The Morgan fingerprint density at radius 1 is 0.788 bits per heavy atom. The van der Waals surface area contributed by atoms with E-state index in [0.717, 1.165) is 24.1 Å². The molecule has 0 amide bonds. The second-order valence-corrected chi connectivity index (χ2v) is 10.9. The van der Waals surface area contributed by atoms with Crippen LogP contribution in [0, 0.1) is 0 Å². The zero-order chi connectivity index (χ0) is 24.6. The third kappa shape index (κ3) is 9.14. The molecule has 0 aromatic heterocycles. The van der Waals surface area contributed by atoms with Crippen LogP contribution in [0.1, 0.15) is 30.4 Å². The second kappa shape index (κ2) is 11.6. The van der Waals surface area contributed by atoms with Crippen molar-refractivity contribution in [1.82, 2.24) is 0 Å². The van der Waals surface area contributed by atoms with Crippen LogP contribution < -0.4 is 0 Å². The summed E-state index contributed by atoms with van der Waals surface area (Å²) in [7, 11) is 0.374. The quantitative estimate of drug-likeness (QED) is 0.110. The fraction of sp³-hybridized carbons (Fsp3) is 0.478. The highest BCUT2D eigenvalue weighted by atomic mass is 31.2. The number of aromatic hydroxyl groups is 5. The maximum Gasteiger partial charge on any atom is 0.328 e. The van der Waals surface area contributed by atoms with Gasteiger partial charge in [-0.25, -0.2) is 0 Å². The topological polar surface area (TPSA) is 148 Å². The summed E-state index contributed by atoms with van der Waals surface area (Å²) in [4.78, 5) is 10.1. The maximum absolute atomic E-state index is 12.3.